The van der Waals surface area contributed by atoms with Gasteiger partial charge in [0.25, 0.3) is 0 Å². The van der Waals surface area contributed by atoms with Crippen molar-refractivity contribution in [3.63, 3.8) is 0 Å². The third kappa shape index (κ3) is 3.04. The second kappa shape index (κ2) is 6.16. The van der Waals surface area contributed by atoms with Crippen LogP contribution in [0.1, 0.15) is 19.5 Å². The molecule has 118 valence electrons. The zero-order chi connectivity index (χ0) is 15.7. The molecule has 0 unspecified atom stereocenters. The second-order valence-corrected chi connectivity index (χ2v) is 7.30. The molecule has 7 heteroatoms. The Morgan fingerprint density at radius 2 is 2.05 bits per heavy atom. The average molecular weight is 318 g/mol. The normalized spacial score (nSPS) is 18.9. The first-order valence-corrected chi connectivity index (χ1v) is 8.60. The van der Waals surface area contributed by atoms with E-state index >= 15 is 0 Å². The molecule has 0 radical (unpaired) electrons. The molecule has 1 atom stereocenters. The lowest BCUT2D eigenvalue weighted by Gasteiger charge is -2.35. The van der Waals surface area contributed by atoms with E-state index in [0.29, 0.717) is 17.0 Å². The van der Waals surface area contributed by atoms with E-state index in [4.69, 9.17) is 5.73 Å². The molecule has 2 N–H and O–H groups in total. The molecule has 0 aromatic carbocycles. The third-order valence-corrected chi connectivity index (χ3v) is 5.42. The molecule has 0 aliphatic carbocycles. The maximum Gasteiger partial charge on any atom is 0.161 e. The number of nitrogens with two attached hydrogens (primary N) is 1. The van der Waals surface area contributed by atoms with Gasteiger partial charge in [0.05, 0.1) is 5.69 Å². The Hall–Kier alpha value is -1.76. The molecule has 1 saturated heterocycles. The van der Waals surface area contributed by atoms with Crippen LogP contribution in [0.2, 0.25) is 0 Å². The summed E-state index contributed by atoms with van der Waals surface area (Å²) in [6, 6.07) is 3.81. The number of aromatic nitrogens is 4. The van der Waals surface area contributed by atoms with Gasteiger partial charge in [-0.15, -0.1) is 0 Å². The fraction of sp³-hybridized carbons (Fsp3) is 0.533. The predicted octanol–water partition coefficient (Wildman–Crippen LogP) is 2.13. The summed E-state index contributed by atoms with van der Waals surface area (Å²) in [5.41, 5.74) is 6.87. The Kier molecular flexibility index (Phi) is 4.24. The minimum atomic E-state index is 0.594. The van der Waals surface area contributed by atoms with Crippen LogP contribution in [-0.2, 0) is 0 Å². The minimum Gasteiger partial charge on any atom is -0.384 e. The van der Waals surface area contributed by atoms with Crippen molar-refractivity contribution >= 4 is 23.4 Å². The Bertz CT molecular complexity index is 653. The molecule has 2 aromatic heterocycles. The number of rotatable bonds is 3. The molecule has 0 amide bonds. The minimum absolute atomic E-state index is 0.594. The number of hydrogen-bond acceptors (Lipinski definition) is 6. The fourth-order valence-corrected chi connectivity index (χ4v) is 3.91. The van der Waals surface area contributed by atoms with Crippen molar-refractivity contribution in [2.75, 3.05) is 29.5 Å². The van der Waals surface area contributed by atoms with Gasteiger partial charge in [-0.3, -0.25) is 0 Å². The van der Waals surface area contributed by atoms with E-state index < -0.39 is 0 Å². The number of thioether (sulfide) groups is 1. The van der Waals surface area contributed by atoms with Crippen molar-refractivity contribution < 1.29 is 0 Å². The molecule has 3 heterocycles. The highest BCUT2D eigenvalue weighted by Gasteiger charge is 2.24. The van der Waals surface area contributed by atoms with Gasteiger partial charge >= 0.3 is 0 Å². The Labute approximate surface area is 135 Å². The van der Waals surface area contributed by atoms with Gasteiger partial charge in [0.1, 0.15) is 18.0 Å². The number of hydrogen-bond donors (Lipinski definition) is 1. The summed E-state index contributed by atoms with van der Waals surface area (Å²) in [4.78, 5) is 11.1. The lowest BCUT2D eigenvalue weighted by Crippen LogP contribution is -2.40. The molecule has 1 fully saturated rings. The van der Waals surface area contributed by atoms with E-state index in [1.807, 2.05) is 19.1 Å². The standard InChI is InChI=1S/C15H22N6S/c1-10(2)12-8-20(4-5-22-12)14-7-15(18-9-17-14)21-13(16)6-11(3)19-21/h6-7,9-10,12H,4-5,8,16H2,1-3H3/t12-/m0/s1. The van der Waals surface area contributed by atoms with Gasteiger partial charge in [0, 0.05) is 36.2 Å². The van der Waals surface area contributed by atoms with Crippen LogP contribution >= 0.6 is 11.8 Å². The SMILES string of the molecule is Cc1cc(N)n(-c2cc(N3CCS[C@H](C(C)C)C3)ncn2)n1. The predicted molar refractivity (Wildman–Crippen MR) is 91.6 cm³/mol. The second-order valence-electron chi connectivity index (χ2n) is 5.96. The highest BCUT2D eigenvalue weighted by molar-refractivity contribution is 8.00. The summed E-state index contributed by atoms with van der Waals surface area (Å²) < 4.78 is 1.67. The number of anilines is 2. The van der Waals surface area contributed by atoms with Gasteiger partial charge in [0.15, 0.2) is 5.82 Å². The molecule has 1 aliphatic rings. The number of nitrogen functional groups attached to an aromatic ring is 1. The van der Waals surface area contributed by atoms with E-state index in [-0.39, 0.29) is 0 Å². The monoisotopic (exact) mass is 318 g/mol. The van der Waals surface area contributed by atoms with Crippen LogP contribution in [0.4, 0.5) is 11.6 Å². The average Bonchev–Trinajstić information content (AvgIpc) is 2.86. The first-order valence-electron chi connectivity index (χ1n) is 7.55. The fourth-order valence-electron chi connectivity index (χ4n) is 2.62. The van der Waals surface area contributed by atoms with Crippen molar-refractivity contribution in [1.82, 2.24) is 19.7 Å². The molecule has 0 bridgehead atoms. The van der Waals surface area contributed by atoms with Gasteiger partial charge in [-0.2, -0.15) is 21.5 Å². The molecule has 0 spiro atoms. The summed E-state index contributed by atoms with van der Waals surface area (Å²) in [6.07, 6.45) is 1.59. The van der Waals surface area contributed by atoms with Crippen LogP contribution in [0.25, 0.3) is 5.82 Å². The quantitative estimate of drug-likeness (QED) is 0.934. The van der Waals surface area contributed by atoms with Crippen LogP contribution in [0.15, 0.2) is 18.5 Å². The first-order chi connectivity index (χ1) is 10.5. The topological polar surface area (TPSA) is 72.9 Å². The Morgan fingerprint density at radius 1 is 1.27 bits per heavy atom. The first kappa shape index (κ1) is 15.1. The van der Waals surface area contributed by atoms with Gasteiger partial charge in [-0.05, 0) is 12.8 Å². The number of aryl methyl sites for hydroxylation is 1. The highest BCUT2D eigenvalue weighted by atomic mass is 32.2. The molecular formula is C15H22N6S. The zero-order valence-electron chi connectivity index (χ0n) is 13.2. The van der Waals surface area contributed by atoms with E-state index in [0.717, 1.165) is 36.2 Å². The lowest BCUT2D eigenvalue weighted by molar-refractivity contribution is 0.580. The Balaban J connectivity index is 1.86. The largest absolute Gasteiger partial charge is 0.384 e. The molecule has 3 rings (SSSR count). The van der Waals surface area contributed by atoms with Crippen LogP contribution in [0.3, 0.4) is 0 Å². The maximum absolute atomic E-state index is 5.99. The maximum atomic E-state index is 5.99. The molecule has 6 nitrogen and oxygen atoms in total. The van der Waals surface area contributed by atoms with Crippen molar-refractivity contribution in [3.05, 3.63) is 24.2 Å². The van der Waals surface area contributed by atoms with Gasteiger partial charge < -0.3 is 10.6 Å². The summed E-state index contributed by atoms with van der Waals surface area (Å²) in [6.45, 7) is 8.51. The van der Waals surface area contributed by atoms with Gasteiger partial charge in [-0.1, -0.05) is 13.8 Å². The summed E-state index contributed by atoms with van der Waals surface area (Å²) >= 11 is 2.05. The van der Waals surface area contributed by atoms with Crippen molar-refractivity contribution in [2.24, 2.45) is 5.92 Å². The summed E-state index contributed by atoms with van der Waals surface area (Å²) in [5.74, 6) is 4.05. The van der Waals surface area contributed by atoms with Crippen LogP contribution in [0, 0.1) is 12.8 Å². The van der Waals surface area contributed by atoms with Gasteiger partial charge in [-0.25, -0.2) is 9.97 Å². The van der Waals surface area contributed by atoms with E-state index in [1.165, 1.54) is 0 Å². The van der Waals surface area contributed by atoms with Crippen molar-refractivity contribution in [2.45, 2.75) is 26.0 Å². The Morgan fingerprint density at radius 3 is 2.73 bits per heavy atom. The smallest absolute Gasteiger partial charge is 0.161 e. The van der Waals surface area contributed by atoms with Crippen LogP contribution in [0.5, 0.6) is 0 Å². The van der Waals surface area contributed by atoms with Crippen LogP contribution in [-0.4, -0.2) is 43.8 Å². The molecular weight excluding hydrogens is 296 g/mol. The summed E-state index contributed by atoms with van der Waals surface area (Å²) in [7, 11) is 0. The molecule has 22 heavy (non-hydrogen) atoms. The lowest BCUT2D eigenvalue weighted by atomic mass is 10.1. The number of nitrogens with zero attached hydrogens (tertiary/aromatic N) is 5. The van der Waals surface area contributed by atoms with E-state index in [1.54, 1.807) is 11.0 Å². The van der Waals surface area contributed by atoms with Gasteiger partial charge in [0.2, 0.25) is 0 Å². The van der Waals surface area contributed by atoms with Crippen molar-refractivity contribution in [1.29, 1.82) is 0 Å². The summed E-state index contributed by atoms with van der Waals surface area (Å²) in [5, 5.41) is 5.03. The zero-order valence-corrected chi connectivity index (χ0v) is 14.0. The third-order valence-electron chi connectivity index (χ3n) is 3.88. The molecule has 2 aromatic rings. The van der Waals surface area contributed by atoms with E-state index in [9.17, 15) is 0 Å². The van der Waals surface area contributed by atoms with E-state index in [2.05, 4.69) is 45.6 Å². The van der Waals surface area contributed by atoms with Crippen LogP contribution < -0.4 is 10.6 Å². The molecule has 0 saturated carbocycles. The molecule has 1 aliphatic heterocycles. The highest BCUT2D eigenvalue weighted by Crippen LogP contribution is 2.28. The van der Waals surface area contributed by atoms with Crippen molar-refractivity contribution in [3.8, 4) is 5.82 Å².